The summed E-state index contributed by atoms with van der Waals surface area (Å²) in [4.78, 5) is 3.66. The van der Waals surface area contributed by atoms with E-state index in [1.165, 1.54) is 12.3 Å². The Kier molecular flexibility index (Phi) is 2.42. The van der Waals surface area contributed by atoms with Crippen LogP contribution in [-0.4, -0.2) is 20.5 Å². The lowest BCUT2D eigenvalue weighted by atomic mass is 10.2. The summed E-state index contributed by atoms with van der Waals surface area (Å²) in [6.45, 7) is 0. The van der Waals surface area contributed by atoms with Crippen molar-refractivity contribution in [3.8, 4) is 6.01 Å². The lowest BCUT2D eigenvalue weighted by molar-refractivity contribution is 0.413. The van der Waals surface area contributed by atoms with Crippen molar-refractivity contribution in [3.05, 3.63) is 53.8 Å². The van der Waals surface area contributed by atoms with Crippen molar-refractivity contribution >= 4 is 16.8 Å². The molecule has 0 bridgehead atoms. The molecule has 0 saturated heterocycles. The number of furan rings is 1. The molecule has 0 aliphatic rings. The normalized spacial score (nSPS) is 10.7. The van der Waals surface area contributed by atoms with Crippen molar-refractivity contribution in [2.45, 2.75) is 0 Å². The molecular weight excluding hydrogens is 244 g/mol. The number of fused-ring (bicyclic) bond motifs is 1. The molecule has 0 spiro atoms. The molecular formula is C13H10N4O2. The van der Waals surface area contributed by atoms with Crippen LogP contribution in [0.25, 0.3) is 11.0 Å². The molecule has 19 heavy (non-hydrogen) atoms. The van der Waals surface area contributed by atoms with Gasteiger partial charge in [0.25, 0.3) is 0 Å². The van der Waals surface area contributed by atoms with Gasteiger partial charge in [-0.05, 0) is 18.2 Å². The number of nitrogens with zero attached hydrogens (tertiary/aromatic N) is 2. The summed E-state index contributed by atoms with van der Waals surface area (Å²) in [5.41, 5.74) is 0.607. The number of aromatic nitrogens is 2. The maximum atomic E-state index is 9.65. The Labute approximate surface area is 107 Å². The fourth-order valence-corrected chi connectivity index (χ4v) is 1.84. The molecule has 0 unspecified atom stereocenters. The number of benzene rings is 1. The molecule has 94 valence electrons. The van der Waals surface area contributed by atoms with Crippen LogP contribution in [0.3, 0.4) is 0 Å². The number of nitrogens with one attached hydrogen (secondary N) is 2. The monoisotopic (exact) mass is 254 g/mol. The average molecular weight is 254 g/mol. The topological polar surface area (TPSA) is 98.9 Å². The van der Waals surface area contributed by atoms with Crippen molar-refractivity contribution in [2.75, 3.05) is 0 Å². The Balaban J connectivity index is 2.16. The van der Waals surface area contributed by atoms with Gasteiger partial charge >= 0.3 is 6.01 Å². The highest BCUT2D eigenvalue weighted by Gasteiger charge is 2.14. The third kappa shape index (κ3) is 1.79. The van der Waals surface area contributed by atoms with E-state index in [1.807, 2.05) is 18.2 Å². The van der Waals surface area contributed by atoms with Crippen LogP contribution in [0.5, 0.6) is 6.01 Å². The molecule has 0 fully saturated rings. The molecule has 6 heteroatoms. The van der Waals surface area contributed by atoms with Crippen LogP contribution in [0.15, 0.2) is 47.0 Å². The molecule has 6 nitrogen and oxygen atoms in total. The van der Waals surface area contributed by atoms with Crippen LogP contribution in [0.2, 0.25) is 0 Å². The van der Waals surface area contributed by atoms with E-state index in [4.69, 9.17) is 15.2 Å². The van der Waals surface area contributed by atoms with Gasteiger partial charge in [-0.2, -0.15) is 0 Å². The zero-order chi connectivity index (χ0) is 13.4. The largest absolute Gasteiger partial charge is 0.480 e. The summed E-state index contributed by atoms with van der Waals surface area (Å²) in [7, 11) is 0. The van der Waals surface area contributed by atoms with Crippen molar-refractivity contribution in [1.82, 2.24) is 9.55 Å². The predicted molar refractivity (Wildman–Crippen MR) is 68.2 cm³/mol. The molecule has 0 amide bonds. The quantitative estimate of drug-likeness (QED) is 0.455. The highest BCUT2D eigenvalue weighted by atomic mass is 16.3. The third-order valence-corrected chi connectivity index (χ3v) is 2.75. The van der Waals surface area contributed by atoms with Crippen molar-refractivity contribution in [3.63, 3.8) is 0 Å². The maximum absolute atomic E-state index is 9.65. The molecule has 3 aromatic rings. The fraction of sp³-hybridized carbons (Fsp3) is 0. The van der Waals surface area contributed by atoms with Crippen LogP contribution in [-0.2, 0) is 0 Å². The Bertz CT molecular complexity index is 799. The van der Waals surface area contributed by atoms with E-state index in [9.17, 15) is 5.11 Å². The molecule has 0 radical (unpaired) electrons. The van der Waals surface area contributed by atoms with Gasteiger partial charge in [0.15, 0.2) is 11.6 Å². The van der Waals surface area contributed by atoms with E-state index < -0.39 is 6.01 Å². The first-order valence-electron chi connectivity index (χ1n) is 5.56. The van der Waals surface area contributed by atoms with Crippen LogP contribution in [0, 0.1) is 10.8 Å². The maximum Gasteiger partial charge on any atom is 0.301 e. The summed E-state index contributed by atoms with van der Waals surface area (Å²) in [6.07, 6.45) is 1.31. The van der Waals surface area contributed by atoms with Gasteiger partial charge in [0.1, 0.15) is 11.1 Å². The van der Waals surface area contributed by atoms with Crippen LogP contribution in [0.1, 0.15) is 5.76 Å². The smallest absolute Gasteiger partial charge is 0.301 e. The molecule has 0 saturated carbocycles. The molecule has 3 N–H and O–H groups in total. The molecule has 0 atom stereocenters. The summed E-state index contributed by atoms with van der Waals surface area (Å²) in [5, 5.41) is 26.2. The van der Waals surface area contributed by atoms with Gasteiger partial charge in [-0.15, -0.1) is 0 Å². The Morgan fingerprint density at radius 2 is 2.05 bits per heavy atom. The van der Waals surface area contributed by atoms with Crippen molar-refractivity contribution in [2.24, 2.45) is 0 Å². The lowest BCUT2D eigenvalue weighted by Gasteiger charge is -2.06. The second kappa shape index (κ2) is 4.09. The number of para-hydroxylation sites is 1. The van der Waals surface area contributed by atoms with E-state index in [-0.39, 0.29) is 17.1 Å². The summed E-state index contributed by atoms with van der Waals surface area (Å²) >= 11 is 0. The Morgan fingerprint density at radius 3 is 2.79 bits per heavy atom. The Morgan fingerprint density at radius 1 is 1.26 bits per heavy atom. The zero-order valence-corrected chi connectivity index (χ0v) is 9.79. The molecule has 2 heterocycles. The highest BCUT2D eigenvalue weighted by Crippen LogP contribution is 2.19. The SMILES string of the molecule is N=C(c1cc2ccccc2o1)n1c(O)nccc1=N. The second-order valence-electron chi connectivity index (χ2n) is 3.96. The Hall–Kier alpha value is -2.89. The van der Waals surface area contributed by atoms with Gasteiger partial charge in [0.05, 0.1) is 0 Å². The number of rotatable bonds is 1. The van der Waals surface area contributed by atoms with Gasteiger partial charge in [0, 0.05) is 11.6 Å². The summed E-state index contributed by atoms with van der Waals surface area (Å²) in [6, 6.07) is 10.0. The second-order valence-corrected chi connectivity index (χ2v) is 3.96. The first-order valence-corrected chi connectivity index (χ1v) is 5.56. The predicted octanol–water partition coefficient (Wildman–Crippen LogP) is 1.69. The van der Waals surface area contributed by atoms with E-state index in [2.05, 4.69) is 4.98 Å². The van der Waals surface area contributed by atoms with Gasteiger partial charge in [-0.1, -0.05) is 18.2 Å². The molecule has 0 aliphatic heterocycles. The number of hydrogen-bond acceptors (Lipinski definition) is 5. The van der Waals surface area contributed by atoms with Gasteiger partial charge in [0.2, 0.25) is 0 Å². The minimum absolute atomic E-state index is 0.0436. The van der Waals surface area contributed by atoms with Crippen molar-refractivity contribution in [1.29, 1.82) is 10.8 Å². The van der Waals surface area contributed by atoms with Gasteiger partial charge < -0.3 is 9.52 Å². The molecule has 3 rings (SSSR count). The van der Waals surface area contributed by atoms with E-state index in [0.717, 1.165) is 9.95 Å². The molecule has 1 aromatic carbocycles. The van der Waals surface area contributed by atoms with Crippen molar-refractivity contribution < 1.29 is 9.52 Å². The minimum atomic E-state index is -0.419. The average Bonchev–Trinajstić information content (AvgIpc) is 2.82. The summed E-state index contributed by atoms with van der Waals surface area (Å²) in [5.74, 6) is 0.134. The number of aromatic hydroxyl groups is 1. The lowest BCUT2D eigenvalue weighted by Crippen LogP contribution is -2.26. The van der Waals surface area contributed by atoms with Crippen LogP contribution >= 0.6 is 0 Å². The highest BCUT2D eigenvalue weighted by molar-refractivity contribution is 5.99. The molecule has 2 aromatic heterocycles. The third-order valence-electron chi connectivity index (χ3n) is 2.75. The van der Waals surface area contributed by atoms with E-state index in [0.29, 0.717) is 5.58 Å². The van der Waals surface area contributed by atoms with Gasteiger partial charge in [-0.3, -0.25) is 10.8 Å². The standard InChI is InChI=1S/C13H10N4O2/c14-11-5-6-16-13(18)17(11)12(15)10-7-8-3-1-2-4-9(8)19-10/h1-7,14-15H,(H,16,18). The van der Waals surface area contributed by atoms with Gasteiger partial charge in [-0.25, -0.2) is 9.55 Å². The fourth-order valence-electron chi connectivity index (χ4n) is 1.84. The van der Waals surface area contributed by atoms with E-state index in [1.54, 1.807) is 12.1 Å². The zero-order valence-electron chi connectivity index (χ0n) is 9.79. The summed E-state index contributed by atoms with van der Waals surface area (Å²) < 4.78 is 6.52. The van der Waals surface area contributed by atoms with Crippen LogP contribution < -0.4 is 5.49 Å². The first-order chi connectivity index (χ1) is 9.16. The molecule has 0 aliphatic carbocycles. The van der Waals surface area contributed by atoms with E-state index >= 15 is 0 Å². The van der Waals surface area contributed by atoms with Crippen LogP contribution in [0.4, 0.5) is 0 Å². The first kappa shape index (κ1) is 11.2. The number of hydrogen-bond donors (Lipinski definition) is 3. The minimum Gasteiger partial charge on any atom is -0.480 e.